The van der Waals surface area contributed by atoms with E-state index in [1.165, 1.54) is 6.08 Å². The van der Waals surface area contributed by atoms with E-state index in [2.05, 4.69) is 16.6 Å². The van der Waals surface area contributed by atoms with Crippen LogP contribution in [0.2, 0.25) is 0 Å². The Kier molecular flexibility index (Phi) is 6.70. The van der Waals surface area contributed by atoms with Crippen LogP contribution in [0.1, 0.15) is 13.3 Å². The lowest BCUT2D eigenvalue weighted by atomic mass is 10.2. The zero-order chi connectivity index (χ0) is 11.7. The van der Waals surface area contributed by atoms with Crippen molar-refractivity contribution in [2.24, 2.45) is 0 Å². The Morgan fingerprint density at radius 1 is 1.60 bits per heavy atom. The average molecular weight is 213 g/mol. The molecule has 0 heterocycles. The van der Waals surface area contributed by atoms with Crippen molar-refractivity contribution in [1.82, 2.24) is 5.32 Å². The first kappa shape index (κ1) is 13.2. The number of hydrogen-bond donors (Lipinski definition) is 2. The number of rotatable bonds is 6. The average Bonchev–Trinajstić information content (AvgIpc) is 2.20. The van der Waals surface area contributed by atoms with Gasteiger partial charge in [-0.2, -0.15) is 0 Å². The second-order valence-electron chi connectivity index (χ2n) is 2.73. The maximum absolute atomic E-state index is 11.0. The van der Waals surface area contributed by atoms with Crippen LogP contribution >= 0.6 is 0 Å². The van der Waals surface area contributed by atoms with Crippen molar-refractivity contribution in [2.75, 3.05) is 6.61 Å². The molecule has 0 spiro atoms. The minimum atomic E-state index is -1.09. The van der Waals surface area contributed by atoms with Gasteiger partial charge in [-0.1, -0.05) is 24.8 Å². The number of amides is 1. The quantitative estimate of drug-likeness (QED) is 0.652. The highest BCUT2D eigenvalue weighted by Crippen LogP contribution is 1.95. The lowest BCUT2D eigenvalue weighted by Crippen LogP contribution is -2.40. The summed E-state index contributed by atoms with van der Waals surface area (Å²) in [4.78, 5) is 21.7. The van der Waals surface area contributed by atoms with E-state index < -0.39 is 18.1 Å². The second-order valence-corrected chi connectivity index (χ2v) is 2.73. The molecule has 0 fully saturated rings. The molecule has 5 nitrogen and oxygen atoms in total. The van der Waals surface area contributed by atoms with Crippen LogP contribution in [0.4, 0.5) is 4.79 Å². The molecule has 0 aliphatic heterocycles. The molecule has 0 aromatic carbocycles. The Morgan fingerprint density at radius 3 is 2.73 bits per heavy atom. The number of allylic oxidation sites excluding steroid dienone is 1. The summed E-state index contributed by atoms with van der Waals surface area (Å²) in [5.74, 6) is -1.09. The van der Waals surface area contributed by atoms with Crippen LogP contribution in [0.25, 0.3) is 0 Å². The van der Waals surface area contributed by atoms with Crippen molar-refractivity contribution >= 4 is 12.1 Å². The molecule has 1 unspecified atom stereocenters. The number of hydrogen-bond acceptors (Lipinski definition) is 3. The van der Waals surface area contributed by atoms with Crippen molar-refractivity contribution in [2.45, 2.75) is 19.4 Å². The molecule has 0 radical (unpaired) electrons. The molecule has 84 valence electrons. The van der Waals surface area contributed by atoms with Crippen LogP contribution in [0.3, 0.4) is 0 Å². The Morgan fingerprint density at radius 2 is 2.27 bits per heavy atom. The predicted octanol–water partition coefficient (Wildman–Crippen LogP) is 1.32. The van der Waals surface area contributed by atoms with Gasteiger partial charge >= 0.3 is 12.1 Å². The molecule has 0 saturated carbocycles. The molecule has 0 aromatic rings. The standard InChI is InChI=1S/C10H15NO4/c1-3-5-6-8(9(12)13)11-10(14)15-7-4-2/h3-5,8H,2,6-7H2,1H3,(H,11,14)(H,12,13)/b5-3+. The predicted molar refractivity (Wildman–Crippen MR) is 55.5 cm³/mol. The van der Waals surface area contributed by atoms with E-state index >= 15 is 0 Å². The fraction of sp³-hybridized carbons (Fsp3) is 0.400. The van der Waals surface area contributed by atoms with Crippen molar-refractivity contribution in [3.8, 4) is 0 Å². The molecule has 0 aliphatic carbocycles. The topological polar surface area (TPSA) is 75.6 Å². The van der Waals surface area contributed by atoms with Gasteiger partial charge in [0.05, 0.1) is 0 Å². The summed E-state index contributed by atoms with van der Waals surface area (Å²) in [5.41, 5.74) is 0. The van der Waals surface area contributed by atoms with Gasteiger partial charge in [0.1, 0.15) is 12.6 Å². The van der Waals surface area contributed by atoms with E-state index in [-0.39, 0.29) is 13.0 Å². The lowest BCUT2D eigenvalue weighted by molar-refractivity contribution is -0.139. The SMILES string of the molecule is C=CCOC(=O)NC(C/C=C/C)C(=O)O. The summed E-state index contributed by atoms with van der Waals surface area (Å²) in [5, 5.41) is 11.0. The third-order valence-corrected chi connectivity index (χ3v) is 1.53. The van der Waals surface area contributed by atoms with E-state index in [0.29, 0.717) is 0 Å². The number of carboxylic acid groups (broad SMARTS) is 1. The Hall–Kier alpha value is -1.78. The van der Waals surface area contributed by atoms with E-state index in [9.17, 15) is 9.59 Å². The van der Waals surface area contributed by atoms with Crippen molar-refractivity contribution in [3.05, 3.63) is 24.8 Å². The van der Waals surface area contributed by atoms with E-state index in [0.717, 1.165) is 0 Å². The van der Waals surface area contributed by atoms with Crippen molar-refractivity contribution in [1.29, 1.82) is 0 Å². The van der Waals surface area contributed by atoms with E-state index in [1.807, 2.05) is 0 Å². The van der Waals surface area contributed by atoms with Gasteiger partial charge < -0.3 is 15.2 Å². The fourth-order valence-electron chi connectivity index (χ4n) is 0.812. The Balaban J connectivity index is 4.09. The number of carbonyl (C=O) groups excluding carboxylic acids is 1. The van der Waals surface area contributed by atoms with E-state index in [1.54, 1.807) is 19.1 Å². The van der Waals surface area contributed by atoms with Crippen molar-refractivity contribution < 1.29 is 19.4 Å². The zero-order valence-electron chi connectivity index (χ0n) is 8.60. The highest BCUT2D eigenvalue weighted by Gasteiger charge is 2.18. The van der Waals surface area contributed by atoms with Crippen LogP contribution in [0.5, 0.6) is 0 Å². The van der Waals surface area contributed by atoms with Crippen LogP contribution < -0.4 is 5.32 Å². The van der Waals surface area contributed by atoms with Gasteiger partial charge in [-0.3, -0.25) is 0 Å². The number of aliphatic carboxylic acids is 1. The van der Waals surface area contributed by atoms with Gasteiger partial charge in [0.2, 0.25) is 0 Å². The Labute approximate surface area is 88.4 Å². The molecule has 0 bridgehead atoms. The number of alkyl carbamates (subject to hydrolysis) is 1. The normalized spacial score (nSPS) is 12.1. The second kappa shape index (κ2) is 7.61. The molecular formula is C10H15NO4. The monoisotopic (exact) mass is 213 g/mol. The first-order chi connectivity index (χ1) is 7.11. The fourth-order valence-corrected chi connectivity index (χ4v) is 0.812. The van der Waals surface area contributed by atoms with Crippen molar-refractivity contribution in [3.63, 3.8) is 0 Å². The minimum Gasteiger partial charge on any atom is -0.480 e. The smallest absolute Gasteiger partial charge is 0.408 e. The number of carbonyl (C=O) groups is 2. The molecule has 1 atom stereocenters. The van der Waals surface area contributed by atoms with E-state index in [4.69, 9.17) is 5.11 Å². The van der Waals surface area contributed by atoms with Gasteiger partial charge in [-0.25, -0.2) is 9.59 Å². The molecule has 15 heavy (non-hydrogen) atoms. The lowest BCUT2D eigenvalue weighted by Gasteiger charge is -2.11. The number of ether oxygens (including phenoxy) is 1. The zero-order valence-corrected chi connectivity index (χ0v) is 8.60. The summed E-state index contributed by atoms with van der Waals surface area (Å²) < 4.78 is 4.60. The van der Waals surface area contributed by atoms with Gasteiger partial charge in [-0.05, 0) is 13.3 Å². The van der Waals surface area contributed by atoms with Crippen LogP contribution in [-0.2, 0) is 9.53 Å². The maximum atomic E-state index is 11.0. The summed E-state index contributed by atoms with van der Waals surface area (Å²) in [6, 6.07) is -0.960. The molecule has 0 aromatic heterocycles. The molecule has 0 saturated heterocycles. The van der Waals surface area contributed by atoms with Gasteiger partial charge in [-0.15, -0.1) is 0 Å². The minimum absolute atomic E-state index is 0.0573. The molecule has 5 heteroatoms. The third-order valence-electron chi connectivity index (χ3n) is 1.53. The van der Waals surface area contributed by atoms with Crippen LogP contribution in [0.15, 0.2) is 24.8 Å². The van der Waals surface area contributed by atoms with Gasteiger partial charge in [0, 0.05) is 0 Å². The number of carboxylic acids is 1. The highest BCUT2D eigenvalue weighted by molar-refractivity contribution is 5.80. The van der Waals surface area contributed by atoms with Gasteiger partial charge in [0.15, 0.2) is 0 Å². The summed E-state index contributed by atoms with van der Waals surface area (Å²) in [7, 11) is 0. The first-order valence-corrected chi connectivity index (χ1v) is 4.50. The van der Waals surface area contributed by atoms with Crippen LogP contribution in [-0.4, -0.2) is 29.8 Å². The Bertz CT molecular complexity index is 260. The summed E-state index contributed by atoms with van der Waals surface area (Å²) in [6.07, 6.45) is 4.25. The molecule has 2 N–H and O–H groups in total. The summed E-state index contributed by atoms with van der Waals surface area (Å²) >= 11 is 0. The molecule has 0 aliphatic rings. The van der Waals surface area contributed by atoms with Crippen LogP contribution in [0, 0.1) is 0 Å². The maximum Gasteiger partial charge on any atom is 0.408 e. The molecular weight excluding hydrogens is 198 g/mol. The number of nitrogens with one attached hydrogen (secondary N) is 1. The third kappa shape index (κ3) is 6.31. The summed E-state index contributed by atoms with van der Waals surface area (Å²) in [6.45, 7) is 5.19. The highest BCUT2D eigenvalue weighted by atomic mass is 16.5. The first-order valence-electron chi connectivity index (χ1n) is 4.50. The molecule has 0 rings (SSSR count). The van der Waals surface area contributed by atoms with Gasteiger partial charge in [0.25, 0.3) is 0 Å². The molecule has 1 amide bonds. The largest absolute Gasteiger partial charge is 0.480 e.